The summed E-state index contributed by atoms with van der Waals surface area (Å²) in [7, 11) is 0. The molecule has 4 atom stereocenters. The van der Waals surface area contributed by atoms with Crippen LogP contribution in [-0.2, 0) is 4.74 Å². The van der Waals surface area contributed by atoms with Gasteiger partial charge < -0.3 is 15.2 Å². The van der Waals surface area contributed by atoms with Crippen LogP contribution in [0.3, 0.4) is 0 Å². The molecule has 8 nitrogen and oxygen atoms in total. The van der Waals surface area contributed by atoms with E-state index in [1.807, 2.05) is 0 Å². The molecule has 1 aliphatic carbocycles. The maximum absolute atomic E-state index is 12.8. The second-order valence-corrected chi connectivity index (χ2v) is 8.38. The van der Waals surface area contributed by atoms with Crippen LogP contribution in [-0.4, -0.2) is 75.0 Å². The Morgan fingerprint density at radius 2 is 2.00 bits per heavy atom. The lowest BCUT2D eigenvalue weighted by atomic mass is 9.77. The number of fused-ring (bicyclic) bond motifs is 2. The standard InChI is InChI=1S/C20H27N5O3/c26-18-9-14-12-24(15-2-6-28-7-3-15)11-13(14)8-17(18)23-20(27)16-10-22-25-5-1-4-21-19(16)25/h1,4-5,10,13-15,17-18,26H,2-3,6-9,11-12H2,(H,23,27)/t13-,14+,17-,18-/m0/s1. The van der Waals surface area contributed by atoms with Crippen LogP contribution >= 0.6 is 0 Å². The highest BCUT2D eigenvalue weighted by atomic mass is 16.5. The highest BCUT2D eigenvalue weighted by Crippen LogP contribution is 2.38. The number of carbonyl (C=O) groups excluding carboxylic acids is 1. The van der Waals surface area contributed by atoms with Crippen molar-refractivity contribution in [3.63, 3.8) is 0 Å². The molecule has 1 saturated carbocycles. The first-order valence-corrected chi connectivity index (χ1v) is 10.3. The number of hydrogen-bond acceptors (Lipinski definition) is 6. The molecule has 8 heteroatoms. The maximum atomic E-state index is 12.8. The van der Waals surface area contributed by atoms with Crippen molar-refractivity contribution in [2.75, 3.05) is 26.3 Å². The van der Waals surface area contributed by atoms with E-state index in [9.17, 15) is 9.90 Å². The van der Waals surface area contributed by atoms with Crippen LogP contribution in [0.25, 0.3) is 5.65 Å². The van der Waals surface area contributed by atoms with Crippen molar-refractivity contribution >= 4 is 11.6 Å². The van der Waals surface area contributed by atoms with Gasteiger partial charge in [-0.1, -0.05) is 0 Å². The summed E-state index contributed by atoms with van der Waals surface area (Å²) in [6, 6.07) is 2.16. The van der Waals surface area contributed by atoms with Gasteiger partial charge in [0.25, 0.3) is 5.91 Å². The number of aliphatic hydroxyl groups is 1. The second kappa shape index (κ2) is 7.42. The smallest absolute Gasteiger partial charge is 0.257 e. The van der Waals surface area contributed by atoms with Gasteiger partial charge in [-0.25, -0.2) is 9.50 Å². The minimum atomic E-state index is -0.505. The van der Waals surface area contributed by atoms with Crippen LogP contribution in [0, 0.1) is 11.8 Å². The molecule has 2 saturated heterocycles. The van der Waals surface area contributed by atoms with Gasteiger partial charge in [0, 0.05) is 44.7 Å². The molecule has 2 aromatic heterocycles. The van der Waals surface area contributed by atoms with E-state index in [0.717, 1.165) is 52.0 Å². The Balaban J connectivity index is 1.25. The van der Waals surface area contributed by atoms with Crippen molar-refractivity contribution in [1.29, 1.82) is 0 Å². The van der Waals surface area contributed by atoms with E-state index in [4.69, 9.17) is 4.74 Å². The number of aromatic nitrogens is 3. The zero-order chi connectivity index (χ0) is 19.1. The van der Waals surface area contributed by atoms with Gasteiger partial charge >= 0.3 is 0 Å². The highest BCUT2D eigenvalue weighted by molar-refractivity contribution is 5.99. The first-order chi connectivity index (χ1) is 13.7. The molecule has 0 aromatic carbocycles. The molecule has 3 aliphatic rings. The summed E-state index contributed by atoms with van der Waals surface area (Å²) in [6.07, 6.45) is 8.23. The molecular formula is C20H27N5O3. The fourth-order valence-electron chi connectivity index (χ4n) is 5.20. The Bertz CT molecular complexity index is 849. The van der Waals surface area contributed by atoms with Gasteiger partial charge in [-0.3, -0.25) is 9.69 Å². The van der Waals surface area contributed by atoms with Crippen LogP contribution in [0.5, 0.6) is 0 Å². The summed E-state index contributed by atoms with van der Waals surface area (Å²) in [5.41, 5.74) is 0.986. The predicted octanol–water partition coefficient (Wildman–Crippen LogP) is 0.709. The van der Waals surface area contributed by atoms with Gasteiger partial charge in [-0.05, 0) is 43.6 Å². The third-order valence-electron chi connectivity index (χ3n) is 6.72. The quantitative estimate of drug-likeness (QED) is 0.809. The highest BCUT2D eigenvalue weighted by Gasteiger charge is 2.43. The van der Waals surface area contributed by atoms with Crippen LogP contribution in [0.1, 0.15) is 36.0 Å². The van der Waals surface area contributed by atoms with Crippen LogP contribution < -0.4 is 5.32 Å². The van der Waals surface area contributed by atoms with E-state index in [2.05, 4.69) is 20.3 Å². The maximum Gasteiger partial charge on any atom is 0.257 e. The van der Waals surface area contributed by atoms with Crippen LogP contribution in [0.2, 0.25) is 0 Å². The van der Waals surface area contributed by atoms with Crippen molar-refractivity contribution in [2.45, 2.75) is 43.9 Å². The molecule has 0 unspecified atom stereocenters. The van der Waals surface area contributed by atoms with E-state index in [1.165, 1.54) is 6.20 Å². The molecule has 1 amide bonds. The number of aliphatic hydroxyl groups excluding tert-OH is 1. The molecule has 2 aliphatic heterocycles. The van der Waals surface area contributed by atoms with Gasteiger partial charge in [0.05, 0.1) is 18.3 Å². The molecule has 0 bridgehead atoms. The summed E-state index contributed by atoms with van der Waals surface area (Å²) >= 11 is 0. The number of nitrogens with zero attached hydrogens (tertiary/aromatic N) is 4. The molecule has 150 valence electrons. The van der Waals surface area contributed by atoms with Gasteiger partial charge in [0.2, 0.25) is 0 Å². The second-order valence-electron chi connectivity index (χ2n) is 8.38. The monoisotopic (exact) mass is 385 g/mol. The number of hydrogen-bond donors (Lipinski definition) is 2. The summed E-state index contributed by atoms with van der Waals surface area (Å²) in [4.78, 5) is 19.6. The molecule has 5 rings (SSSR count). The molecule has 0 radical (unpaired) electrons. The predicted molar refractivity (Wildman–Crippen MR) is 102 cm³/mol. The Morgan fingerprint density at radius 3 is 2.82 bits per heavy atom. The van der Waals surface area contributed by atoms with Crippen LogP contribution in [0.15, 0.2) is 24.7 Å². The topological polar surface area (TPSA) is 92.0 Å². The average molecular weight is 385 g/mol. The van der Waals surface area contributed by atoms with Crippen molar-refractivity contribution in [3.05, 3.63) is 30.2 Å². The van der Waals surface area contributed by atoms with Gasteiger partial charge in [0.1, 0.15) is 5.56 Å². The van der Waals surface area contributed by atoms with Gasteiger partial charge in [-0.15, -0.1) is 0 Å². The normalized spacial score (nSPS) is 31.8. The summed E-state index contributed by atoms with van der Waals surface area (Å²) in [6.45, 7) is 3.83. The molecule has 28 heavy (non-hydrogen) atoms. The first-order valence-electron chi connectivity index (χ1n) is 10.3. The Morgan fingerprint density at radius 1 is 1.21 bits per heavy atom. The van der Waals surface area contributed by atoms with Crippen molar-refractivity contribution in [3.8, 4) is 0 Å². The Kier molecular flexibility index (Phi) is 4.78. The number of likely N-dealkylation sites (tertiary alicyclic amines) is 1. The van der Waals surface area contributed by atoms with E-state index in [1.54, 1.807) is 23.0 Å². The summed E-state index contributed by atoms with van der Waals surface area (Å²) in [5.74, 6) is 0.832. The summed E-state index contributed by atoms with van der Waals surface area (Å²) in [5, 5.41) is 17.9. The van der Waals surface area contributed by atoms with Gasteiger partial charge in [0.15, 0.2) is 5.65 Å². The molecular weight excluding hydrogens is 358 g/mol. The zero-order valence-corrected chi connectivity index (χ0v) is 15.9. The van der Waals surface area contributed by atoms with E-state index in [0.29, 0.717) is 29.1 Å². The molecule has 2 N–H and O–H groups in total. The number of rotatable bonds is 3. The number of carbonyl (C=O) groups is 1. The minimum absolute atomic E-state index is 0.213. The summed E-state index contributed by atoms with van der Waals surface area (Å²) < 4.78 is 7.08. The lowest BCUT2D eigenvalue weighted by molar-refractivity contribution is 0.0398. The third kappa shape index (κ3) is 3.29. The SMILES string of the molecule is O=C(N[C@H]1C[C@H]2CN(C3CCOCC3)C[C@H]2C[C@@H]1O)c1cnn2cccnc12. The third-order valence-corrected chi connectivity index (χ3v) is 6.72. The lowest BCUT2D eigenvalue weighted by Gasteiger charge is -2.35. The van der Waals surface area contributed by atoms with E-state index in [-0.39, 0.29) is 11.9 Å². The number of nitrogens with one attached hydrogen (secondary N) is 1. The minimum Gasteiger partial charge on any atom is -0.391 e. The average Bonchev–Trinajstić information content (AvgIpc) is 3.33. The van der Waals surface area contributed by atoms with Crippen molar-refractivity contribution < 1.29 is 14.6 Å². The molecule has 0 spiro atoms. The fourth-order valence-corrected chi connectivity index (χ4v) is 5.20. The van der Waals surface area contributed by atoms with E-state index >= 15 is 0 Å². The molecule has 2 aromatic rings. The zero-order valence-electron chi connectivity index (χ0n) is 15.9. The van der Waals surface area contributed by atoms with Gasteiger partial charge in [-0.2, -0.15) is 5.10 Å². The van der Waals surface area contributed by atoms with Crippen molar-refractivity contribution in [1.82, 2.24) is 24.8 Å². The van der Waals surface area contributed by atoms with E-state index < -0.39 is 6.10 Å². The lowest BCUT2D eigenvalue weighted by Crippen LogP contribution is -2.49. The number of ether oxygens (including phenoxy) is 1. The molecule has 3 fully saturated rings. The van der Waals surface area contributed by atoms with Crippen molar-refractivity contribution in [2.24, 2.45) is 11.8 Å². The first kappa shape index (κ1) is 18.0. The number of amides is 1. The Hall–Kier alpha value is -2.03. The Labute approximate surface area is 163 Å². The largest absolute Gasteiger partial charge is 0.391 e. The fraction of sp³-hybridized carbons (Fsp3) is 0.650. The molecule has 4 heterocycles. The van der Waals surface area contributed by atoms with Crippen LogP contribution in [0.4, 0.5) is 0 Å².